The predicted molar refractivity (Wildman–Crippen MR) is 45.4 cm³/mol. The molecule has 0 aromatic carbocycles. The third kappa shape index (κ3) is 2.19. The van der Waals surface area contributed by atoms with Gasteiger partial charge < -0.3 is 15.7 Å². The molecular weight excluding hydrogens is 156 g/mol. The van der Waals surface area contributed by atoms with E-state index in [-0.39, 0.29) is 18.4 Å². The van der Waals surface area contributed by atoms with Crippen molar-refractivity contribution < 1.29 is 9.90 Å². The summed E-state index contributed by atoms with van der Waals surface area (Å²) in [6.45, 7) is 1.96. The molecule has 1 amide bonds. The van der Waals surface area contributed by atoms with E-state index in [9.17, 15) is 4.79 Å². The van der Waals surface area contributed by atoms with Crippen LogP contribution in [0.2, 0.25) is 0 Å². The van der Waals surface area contributed by atoms with Crippen LogP contribution in [-0.4, -0.2) is 42.2 Å². The number of hydrogen-bond acceptors (Lipinski definition) is 3. The number of carbonyl (C=O) groups is 1. The van der Waals surface area contributed by atoms with Gasteiger partial charge in [0.25, 0.3) is 0 Å². The van der Waals surface area contributed by atoms with Crippen molar-refractivity contribution in [2.45, 2.75) is 12.8 Å². The van der Waals surface area contributed by atoms with Gasteiger partial charge >= 0.3 is 0 Å². The first-order chi connectivity index (χ1) is 5.77. The zero-order valence-electron chi connectivity index (χ0n) is 7.20. The number of rotatable bonds is 4. The highest BCUT2D eigenvalue weighted by Crippen LogP contribution is 2.11. The Morgan fingerprint density at radius 3 is 2.83 bits per heavy atom. The molecule has 0 spiro atoms. The quantitative estimate of drug-likeness (QED) is 0.582. The molecule has 0 radical (unpaired) electrons. The highest BCUT2D eigenvalue weighted by molar-refractivity contribution is 5.78. The van der Waals surface area contributed by atoms with Gasteiger partial charge in [-0.25, -0.2) is 0 Å². The minimum absolute atomic E-state index is 0.0482. The largest absolute Gasteiger partial charge is 0.396 e. The molecular formula is C8H16N2O2. The van der Waals surface area contributed by atoms with Gasteiger partial charge in [0.05, 0.1) is 0 Å². The summed E-state index contributed by atoms with van der Waals surface area (Å²) >= 11 is 0. The fourth-order valence-electron chi connectivity index (χ4n) is 1.42. The molecule has 1 fully saturated rings. The highest BCUT2D eigenvalue weighted by Gasteiger charge is 2.22. The Balaban J connectivity index is 2.33. The lowest BCUT2D eigenvalue weighted by atomic mass is 10.1. The van der Waals surface area contributed by atoms with Crippen molar-refractivity contribution in [3.05, 3.63) is 0 Å². The van der Waals surface area contributed by atoms with Crippen LogP contribution in [0.15, 0.2) is 0 Å². The second-order valence-corrected chi connectivity index (χ2v) is 3.23. The standard InChI is InChI=1S/C8H16N2O2/c9-4-7(6-11)5-10-3-1-2-8(10)12/h7,11H,1-6,9H2. The smallest absolute Gasteiger partial charge is 0.222 e. The van der Waals surface area contributed by atoms with Crippen molar-refractivity contribution >= 4 is 5.91 Å². The molecule has 3 N–H and O–H groups in total. The average molecular weight is 172 g/mol. The molecule has 0 aliphatic carbocycles. The third-order valence-corrected chi connectivity index (χ3v) is 2.24. The number of likely N-dealkylation sites (tertiary alicyclic amines) is 1. The molecule has 70 valence electrons. The maximum absolute atomic E-state index is 11.1. The molecule has 0 saturated carbocycles. The van der Waals surface area contributed by atoms with Crippen LogP contribution in [0.1, 0.15) is 12.8 Å². The lowest BCUT2D eigenvalue weighted by Gasteiger charge is -2.20. The molecule has 1 unspecified atom stereocenters. The zero-order chi connectivity index (χ0) is 8.97. The van der Waals surface area contributed by atoms with Gasteiger partial charge in [-0.2, -0.15) is 0 Å². The van der Waals surface area contributed by atoms with Crippen molar-refractivity contribution in [2.24, 2.45) is 11.7 Å². The normalized spacial score (nSPS) is 20.2. The summed E-state index contributed by atoms with van der Waals surface area (Å²) in [5.41, 5.74) is 5.41. The van der Waals surface area contributed by atoms with Crippen LogP contribution in [0.3, 0.4) is 0 Å². The minimum atomic E-state index is 0.0482. The van der Waals surface area contributed by atoms with Gasteiger partial charge in [0.2, 0.25) is 5.91 Å². The fourth-order valence-corrected chi connectivity index (χ4v) is 1.42. The SMILES string of the molecule is NCC(CO)CN1CCCC1=O. The maximum Gasteiger partial charge on any atom is 0.222 e. The number of hydrogen-bond donors (Lipinski definition) is 2. The number of amides is 1. The highest BCUT2D eigenvalue weighted by atomic mass is 16.3. The van der Waals surface area contributed by atoms with E-state index in [0.29, 0.717) is 19.5 Å². The molecule has 12 heavy (non-hydrogen) atoms. The van der Waals surface area contributed by atoms with Crippen molar-refractivity contribution in [3.8, 4) is 0 Å². The summed E-state index contributed by atoms with van der Waals surface area (Å²) in [5.74, 6) is 0.244. The van der Waals surface area contributed by atoms with E-state index >= 15 is 0 Å². The van der Waals surface area contributed by atoms with Crippen LogP contribution < -0.4 is 5.73 Å². The average Bonchev–Trinajstić information content (AvgIpc) is 2.47. The van der Waals surface area contributed by atoms with Gasteiger partial charge in [-0.1, -0.05) is 0 Å². The summed E-state index contributed by atoms with van der Waals surface area (Å²) in [5, 5.41) is 8.85. The Labute approximate surface area is 72.3 Å². The lowest BCUT2D eigenvalue weighted by molar-refractivity contribution is -0.128. The zero-order valence-corrected chi connectivity index (χ0v) is 7.20. The van der Waals surface area contributed by atoms with Crippen molar-refractivity contribution in [2.75, 3.05) is 26.2 Å². The molecule has 1 saturated heterocycles. The first-order valence-electron chi connectivity index (χ1n) is 4.36. The topological polar surface area (TPSA) is 66.6 Å². The van der Waals surface area contributed by atoms with Crippen LogP contribution in [0.4, 0.5) is 0 Å². The van der Waals surface area contributed by atoms with Gasteiger partial charge in [-0.3, -0.25) is 4.79 Å². The Morgan fingerprint density at radius 1 is 1.67 bits per heavy atom. The maximum atomic E-state index is 11.1. The van der Waals surface area contributed by atoms with E-state index in [1.165, 1.54) is 0 Å². The van der Waals surface area contributed by atoms with E-state index in [4.69, 9.17) is 10.8 Å². The molecule has 1 atom stereocenters. The summed E-state index contributed by atoms with van der Waals surface area (Å²) in [7, 11) is 0. The number of nitrogens with two attached hydrogens (primary N) is 1. The van der Waals surface area contributed by atoms with Gasteiger partial charge in [-0.15, -0.1) is 0 Å². The molecule has 0 aromatic rings. The third-order valence-electron chi connectivity index (χ3n) is 2.24. The number of aliphatic hydroxyl groups is 1. The van der Waals surface area contributed by atoms with Crippen LogP contribution in [-0.2, 0) is 4.79 Å². The fraction of sp³-hybridized carbons (Fsp3) is 0.875. The summed E-state index contributed by atoms with van der Waals surface area (Å²) < 4.78 is 0. The Kier molecular flexibility index (Phi) is 3.49. The molecule has 0 aromatic heterocycles. The van der Waals surface area contributed by atoms with E-state index in [1.807, 2.05) is 0 Å². The lowest BCUT2D eigenvalue weighted by Crippen LogP contribution is -2.35. The van der Waals surface area contributed by atoms with E-state index < -0.39 is 0 Å². The van der Waals surface area contributed by atoms with E-state index in [0.717, 1.165) is 13.0 Å². The first-order valence-corrected chi connectivity index (χ1v) is 4.36. The molecule has 1 aliphatic heterocycles. The van der Waals surface area contributed by atoms with E-state index in [1.54, 1.807) is 4.90 Å². The minimum Gasteiger partial charge on any atom is -0.396 e. The van der Waals surface area contributed by atoms with Crippen LogP contribution in [0, 0.1) is 5.92 Å². The van der Waals surface area contributed by atoms with Crippen molar-refractivity contribution in [1.29, 1.82) is 0 Å². The Bertz CT molecular complexity index is 157. The molecule has 1 heterocycles. The summed E-state index contributed by atoms with van der Waals surface area (Å²) in [4.78, 5) is 12.9. The molecule has 0 bridgehead atoms. The van der Waals surface area contributed by atoms with Gasteiger partial charge in [0.1, 0.15) is 0 Å². The van der Waals surface area contributed by atoms with E-state index in [2.05, 4.69) is 0 Å². The van der Waals surface area contributed by atoms with Gasteiger partial charge in [0.15, 0.2) is 0 Å². The predicted octanol–water partition coefficient (Wildman–Crippen LogP) is -0.824. The van der Waals surface area contributed by atoms with Crippen molar-refractivity contribution in [1.82, 2.24) is 4.90 Å². The second-order valence-electron chi connectivity index (χ2n) is 3.23. The van der Waals surface area contributed by atoms with Crippen molar-refractivity contribution in [3.63, 3.8) is 0 Å². The Morgan fingerprint density at radius 2 is 2.42 bits per heavy atom. The van der Waals surface area contributed by atoms with Gasteiger partial charge in [0, 0.05) is 32.0 Å². The molecule has 4 heteroatoms. The molecule has 4 nitrogen and oxygen atoms in total. The van der Waals surface area contributed by atoms with Crippen LogP contribution >= 0.6 is 0 Å². The number of carbonyl (C=O) groups excluding carboxylic acids is 1. The van der Waals surface area contributed by atoms with Gasteiger partial charge in [-0.05, 0) is 13.0 Å². The first kappa shape index (κ1) is 9.48. The molecule has 1 rings (SSSR count). The van der Waals surface area contributed by atoms with Crippen LogP contribution in [0.5, 0.6) is 0 Å². The monoisotopic (exact) mass is 172 g/mol. The second kappa shape index (κ2) is 4.42. The number of nitrogens with zero attached hydrogens (tertiary/aromatic N) is 1. The summed E-state index contributed by atoms with van der Waals surface area (Å²) in [6, 6.07) is 0. The Hall–Kier alpha value is -0.610. The number of aliphatic hydroxyl groups excluding tert-OH is 1. The molecule has 1 aliphatic rings. The summed E-state index contributed by atoms with van der Waals surface area (Å²) in [6.07, 6.45) is 1.60. The van der Waals surface area contributed by atoms with Crippen LogP contribution in [0.25, 0.3) is 0 Å².